The van der Waals surface area contributed by atoms with E-state index in [9.17, 15) is 4.79 Å². The third-order valence-electron chi connectivity index (χ3n) is 5.58. The molecule has 0 saturated carbocycles. The first-order valence-corrected chi connectivity index (χ1v) is 8.95. The third-order valence-corrected chi connectivity index (χ3v) is 5.58. The lowest BCUT2D eigenvalue weighted by Crippen LogP contribution is -2.49. The highest BCUT2D eigenvalue weighted by atomic mass is 16.5. The van der Waals surface area contributed by atoms with Crippen LogP contribution in [0.25, 0.3) is 0 Å². The van der Waals surface area contributed by atoms with Gasteiger partial charge in [-0.25, -0.2) is 0 Å². The number of carbonyl (C=O) groups excluding carboxylic acids is 1. The molecule has 21 heavy (non-hydrogen) atoms. The lowest BCUT2D eigenvalue weighted by molar-refractivity contribution is -0.142. The molecule has 4 heteroatoms. The SMILES string of the molecule is O=C(C1CCOCC1)N1CCCCCC1C1CCNCC1. The highest BCUT2D eigenvalue weighted by Gasteiger charge is 2.35. The molecule has 0 aliphatic carbocycles. The van der Waals surface area contributed by atoms with Crippen molar-refractivity contribution in [3.63, 3.8) is 0 Å². The minimum atomic E-state index is 0.223. The van der Waals surface area contributed by atoms with Crippen LogP contribution in [0.2, 0.25) is 0 Å². The molecule has 3 aliphatic heterocycles. The smallest absolute Gasteiger partial charge is 0.226 e. The van der Waals surface area contributed by atoms with Crippen molar-refractivity contribution >= 4 is 5.91 Å². The summed E-state index contributed by atoms with van der Waals surface area (Å²) in [6, 6.07) is 0.505. The largest absolute Gasteiger partial charge is 0.381 e. The lowest BCUT2D eigenvalue weighted by atomic mass is 9.86. The van der Waals surface area contributed by atoms with E-state index in [-0.39, 0.29) is 5.92 Å². The Balaban J connectivity index is 1.69. The molecule has 3 heterocycles. The molecule has 3 saturated heterocycles. The predicted molar refractivity (Wildman–Crippen MR) is 83.1 cm³/mol. The number of ether oxygens (including phenoxy) is 1. The van der Waals surface area contributed by atoms with E-state index in [1.54, 1.807) is 0 Å². The number of likely N-dealkylation sites (tertiary alicyclic amines) is 1. The number of carbonyl (C=O) groups is 1. The number of rotatable bonds is 2. The third kappa shape index (κ3) is 3.78. The maximum Gasteiger partial charge on any atom is 0.226 e. The van der Waals surface area contributed by atoms with Crippen molar-refractivity contribution in [1.29, 1.82) is 0 Å². The van der Waals surface area contributed by atoms with E-state index in [1.807, 2.05) is 0 Å². The maximum absolute atomic E-state index is 13.0. The average Bonchev–Trinajstić information content (AvgIpc) is 2.81. The van der Waals surface area contributed by atoms with Gasteiger partial charge in [0.2, 0.25) is 5.91 Å². The number of amides is 1. The van der Waals surface area contributed by atoms with Gasteiger partial charge in [0.15, 0.2) is 0 Å². The van der Waals surface area contributed by atoms with Crippen LogP contribution in [0, 0.1) is 11.8 Å². The number of hydrogen-bond donors (Lipinski definition) is 1. The second-order valence-corrected chi connectivity index (χ2v) is 6.92. The van der Waals surface area contributed by atoms with Crippen LogP contribution in [-0.4, -0.2) is 49.7 Å². The highest BCUT2D eigenvalue weighted by molar-refractivity contribution is 5.79. The van der Waals surface area contributed by atoms with Gasteiger partial charge in [-0.2, -0.15) is 0 Å². The second-order valence-electron chi connectivity index (χ2n) is 6.92. The molecule has 1 atom stereocenters. The van der Waals surface area contributed by atoms with Gasteiger partial charge in [-0.1, -0.05) is 12.8 Å². The Morgan fingerprint density at radius 2 is 1.71 bits per heavy atom. The zero-order chi connectivity index (χ0) is 14.5. The Morgan fingerprint density at radius 3 is 2.48 bits per heavy atom. The summed E-state index contributed by atoms with van der Waals surface area (Å²) in [6.07, 6.45) is 9.33. The number of piperidine rings is 1. The van der Waals surface area contributed by atoms with Crippen molar-refractivity contribution in [2.75, 3.05) is 32.8 Å². The van der Waals surface area contributed by atoms with Crippen LogP contribution in [0.15, 0.2) is 0 Å². The summed E-state index contributed by atoms with van der Waals surface area (Å²) >= 11 is 0. The molecule has 4 nitrogen and oxygen atoms in total. The normalized spacial score (nSPS) is 30.1. The van der Waals surface area contributed by atoms with Gasteiger partial charge in [-0.15, -0.1) is 0 Å². The van der Waals surface area contributed by atoms with Gasteiger partial charge in [-0.3, -0.25) is 4.79 Å². The lowest BCUT2D eigenvalue weighted by Gasteiger charge is -2.40. The van der Waals surface area contributed by atoms with Crippen LogP contribution in [-0.2, 0) is 9.53 Å². The first-order valence-electron chi connectivity index (χ1n) is 8.95. The predicted octanol–water partition coefficient (Wildman–Crippen LogP) is 2.18. The van der Waals surface area contributed by atoms with Crippen LogP contribution in [0.4, 0.5) is 0 Å². The molecule has 3 aliphatic rings. The van der Waals surface area contributed by atoms with E-state index in [0.29, 0.717) is 17.9 Å². The molecule has 0 spiro atoms. The van der Waals surface area contributed by atoms with Crippen molar-refractivity contribution in [2.45, 2.75) is 57.4 Å². The van der Waals surface area contributed by atoms with Gasteiger partial charge < -0.3 is 15.0 Å². The molecule has 3 fully saturated rings. The van der Waals surface area contributed by atoms with Crippen LogP contribution in [0.3, 0.4) is 0 Å². The Hall–Kier alpha value is -0.610. The van der Waals surface area contributed by atoms with Crippen LogP contribution in [0.5, 0.6) is 0 Å². The molecule has 0 radical (unpaired) electrons. The zero-order valence-electron chi connectivity index (χ0n) is 13.2. The fourth-order valence-corrected chi connectivity index (χ4v) is 4.31. The average molecular weight is 294 g/mol. The van der Waals surface area contributed by atoms with Gasteiger partial charge in [0.1, 0.15) is 0 Å². The van der Waals surface area contributed by atoms with Crippen molar-refractivity contribution in [1.82, 2.24) is 10.2 Å². The zero-order valence-corrected chi connectivity index (χ0v) is 13.2. The standard InChI is InChI=1S/C17H30N2O2/c20-17(15-7-12-21-13-8-15)19-11-3-1-2-4-16(19)14-5-9-18-10-6-14/h14-16,18H,1-13H2. The van der Waals surface area contributed by atoms with Gasteiger partial charge in [0.25, 0.3) is 0 Å². The van der Waals surface area contributed by atoms with Crippen molar-refractivity contribution in [3.8, 4) is 0 Å². The molecule has 0 aromatic rings. The fraction of sp³-hybridized carbons (Fsp3) is 0.941. The van der Waals surface area contributed by atoms with Crippen molar-refractivity contribution in [3.05, 3.63) is 0 Å². The first kappa shape index (κ1) is 15.3. The van der Waals surface area contributed by atoms with Crippen LogP contribution >= 0.6 is 0 Å². The molecule has 0 bridgehead atoms. The van der Waals surface area contributed by atoms with E-state index >= 15 is 0 Å². The summed E-state index contributed by atoms with van der Waals surface area (Å²) in [4.78, 5) is 15.3. The van der Waals surface area contributed by atoms with E-state index < -0.39 is 0 Å². The van der Waals surface area contributed by atoms with Crippen molar-refractivity contribution in [2.24, 2.45) is 11.8 Å². The monoisotopic (exact) mass is 294 g/mol. The summed E-state index contributed by atoms with van der Waals surface area (Å²) in [5, 5.41) is 3.46. The van der Waals surface area contributed by atoms with Crippen LogP contribution < -0.4 is 5.32 Å². The second kappa shape index (κ2) is 7.59. The summed E-state index contributed by atoms with van der Waals surface area (Å²) in [5.74, 6) is 1.37. The van der Waals surface area contributed by atoms with E-state index in [1.165, 1.54) is 38.5 Å². The topological polar surface area (TPSA) is 41.6 Å². The van der Waals surface area contributed by atoms with Crippen LogP contribution in [0.1, 0.15) is 51.4 Å². The number of nitrogens with zero attached hydrogens (tertiary/aromatic N) is 1. The maximum atomic E-state index is 13.0. The Labute approximate surface area is 128 Å². The summed E-state index contributed by atoms with van der Waals surface area (Å²) < 4.78 is 5.43. The van der Waals surface area contributed by atoms with E-state index in [0.717, 1.165) is 45.7 Å². The first-order chi connectivity index (χ1) is 10.4. The number of hydrogen-bond acceptors (Lipinski definition) is 3. The fourth-order valence-electron chi connectivity index (χ4n) is 4.31. The molecule has 120 valence electrons. The Morgan fingerprint density at radius 1 is 0.952 bits per heavy atom. The Kier molecular flexibility index (Phi) is 5.53. The van der Waals surface area contributed by atoms with E-state index in [4.69, 9.17) is 4.74 Å². The van der Waals surface area contributed by atoms with Gasteiger partial charge in [0, 0.05) is 31.7 Å². The molecular weight excluding hydrogens is 264 g/mol. The van der Waals surface area contributed by atoms with Gasteiger partial charge in [-0.05, 0) is 57.5 Å². The molecule has 1 unspecified atom stereocenters. The molecule has 3 rings (SSSR count). The molecular formula is C17H30N2O2. The summed E-state index contributed by atoms with van der Waals surface area (Å²) in [5.41, 5.74) is 0. The molecule has 0 aromatic heterocycles. The molecule has 1 N–H and O–H groups in total. The summed E-state index contributed by atoms with van der Waals surface area (Å²) in [7, 11) is 0. The number of nitrogens with one attached hydrogen (secondary N) is 1. The minimum absolute atomic E-state index is 0.223. The Bertz CT molecular complexity index is 336. The quantitative estimate of drug-likeness (QED) is 0.849. The highest BCUT2D eigenvalue weighted by Crippen LogP contribution is 2.30. The van der Waals surface area contributed by atoms with Crippen molar-refractivity contribution < 1.29 is 9.53 Å². The van der Waals surface area contributed by atoms with E-state index in [2.05, 4.69) is 10.2 Å². The summed E-state index contributed by atoms with van der Waals surface area (Å²) in [6.45, 7) is 4.77. The molecule has 1 amide bonds. The van der Waals surface area contributed by atoms with Gasteiger partial charge >= 0.3 is 0 Å². The minimum Gasteiger partial charge on any atom is -0.381 e. The molecule has 0 aromatic carbocycles. The van der Waals surface area contributed by atoms with Gasteiger partial charge in [0.05, 0.1) is 0 Å².